The Balaban J connectivity index is 2.28. The minimum absolute atomic E-state index is 0.119. The zero-order valence-corrected chi connectivity index (χ0v) is 9.93. The van der Waals surface area contributed by atoms with Crippen molar-refractivity contribution in [3.63, 3.8) is 0 Å². The summed E-state index contributed by atoms with van der Waals surface area (Å²) in [6.07, 6.45) is 3.15. The first-order valence-electron chi connectivity index (χ1n) is 5.54. The van der Waals surface area contributed by atoms with Crippen molar-refractivity contribution in [3.8, 4) is 0 Å². The lowest BCUT2D eigenvalue weighted by molar-refractivity contribution is -0.133. The molecule has 1 aliphatic heterocycles. The van der Waals surface area contributed by atoms with Gasteiger partial charge in [-0.1, -0.05) is 0 Å². The molecule has 5 heteroatoms. The fraction of sp³-hybridized carbons (Fsp3) is 0.417. The molecule has 2 rings (SSSR count). The number of nitrogens with zero attached hydrogens (tertiary/aromatic N) is 2. The van der Waals surface area contributed by atoms with E-state index in [0.717, 1.165) is 0 Å². The Kier molecular flexibility index (Phi) is 2.83. The molecule has 1 N–H and O–H groups in total. The highest BCUT2D eigenvalue weighted by Gasteiger charge is 2.40. The van der Waals surface area contributed by atoms with Crippen molar-refractivity contribution in [1.29, 1.82) is 0 Å². The van der Waals surface area contributed by atoms with Crippen molar-refractivity contribution in [2.24, 2.45) is 0 Å². The van der Waals surface area contributed by atoms with E-state index in [0.29, 0.717) is 18.7 Å². The number of rotatable bonds is 1. The van der Waals surface area contributed by atoms with Gasteiger partial charge in [-0.3, -0.25) is 14.6 Å². The highest BCUT2D eigenvalue weighted by molar-refractivity contribution is 5.99. The average Bonchev–Trinajstić information content (AvgIpc) is 2.33. The van der Waals surface area contributed by atoms with Crippen molar-refractivity contribution in [2.45, 2.75) is 19.4 Å². The van der Waals surface area contributed by atoms with Crippen molar-refractivity contribution in [2.75, 3.05) is 13.1 Å². The predicted octanol–water partition coefficient (Wildman–Crippen LogP) is 0.432. The number of piperazine rings is 1. The first-order valence-corrected chi connectivity index (χ1v) is 5.54. The van der Waals surface area contributed by atoms with Gasteiger partial charge in [-0.15, -0.1) is 0 Å². The maximum Gasteiger partial charge on any atom is 0.254 e. The number of nitrogens with one attached hydrogen (secondary N) is 1. The molecule has 0 radical (unpaired) electrons. The van der Waals surface area contributed by atoms with Gasteiger partial charge in [-0.05, 0) is 26.0 Å². The lowest BCUT2D eigenvalue weighted by Gasteiger charge is -2.41. The van der Waals surface area contributed by atoms with E-state index in [1.807, 2.05) is 0 Å². The van der Waals surface area contributed by atoms with Crippen LogP contribution in [-0.4, -0.2) is 40.3 Å². The van der Waals surface area contributed by atoms with Gasteiger partial charge in [-0.2, -0.15) is 0 Å². The molecule has 1 aliphatic rings. The third kappa shape index (κ3) is 2.00. The minimum atomic E-state index is -0.807. The van der Waals surface area contributed by atoms with Gasteiger partial charge < -0.3 is 10.2 Å². The Morgan fingerprint density at radius 2 is 2.06 bits per heavy atom. The first-order chi connectivity index (χ1) is 8.03. The average molecular weight is 233 g/mol. The van der Waals surface area contributed by atoms with E-state index in [1.165, 1.54) is 0 Å². The monoisotopic (exact) mass is 233 g/mol. The number of aromatic nitrogens is 1. The van der Waals surface area contributed by atoms with Crippen LogP contribution in [0.4, 0.5) is 0 Å². The molecule has 5 nitrogen and oxygen atoms in total. The summed E-state index contributed by atoms with van der Waals surface area (Å²) in [5.41, 5.74) is -0.249. The van der Waals surface area contributed by atoms with Crippen LogP contribution in [-0.2, 0) is 4.79 Å². The van der Waals surface area contributed by atoms with E-state index in [9.17, 15) is 9.59 Å². The van der Waals surface area contributed by atoms with Crippen molar-refractivity contribution < 1.29 is 9.59 Å². The standard InChI is InChI=1S/C12H15N3O2/c1-12(2)11(17)14-7-8-15(12)10(16)9-3-5-13-6-4-9/h3-6H,7-8H2,1-2H3,(H,14,17). The van der Waals surface area contributed by atoms with E-state index in [1.54, 1.807) is 43.3 Å². The van der Waals surface area contributed by atoms with Crippen LogP contribution in [0.5, 0.6) is 0 Å². The second-order valence-corrected chi connectivity index (χ2v) is 4.51. The summed E-state index contributed by atoms with van der Waals surface area (Å²) in [6, 6.07) is 3.32. The van der Waals surface area contributed by atoms with E-state index in [-0.39, 0.29) is 11.8 Å². The molecule has 0 aromatic carbocycles. The Bertz CT molecular complexity index is 442. The number of amides is 2. The van der Waals surface area contributed by atoms with Gasteiger partial charge in [0.25, 0.3) is 5.91 Å². The molecular formula is C12H15N3O2. The Morgan fingerprint density at radius 3 is 2.71 bits per heavy atom. The largest absolute Gasteiger partial charge is 0.352 e. The Hall–Kier alpha value is -1.91. The predicted molar refractivity (Wildman–Crippen MR) is 62.4 cm³/mol. The van der Waals surface area contributed by atoms with Crippen LogP contribution in [0.2, 0.25) is 0 Å². The van der Waals surface area contributed by atoms with Crippen molar-refractivity contribution >= 4 is 11.8 Å². The summed E-state index contributed by atoms with van der Waals surface area (Å²) >= 11 is 0. The molecule has 1 fully saturated rings. The van der Waals surface area contributed by atoms with Gasteiger partial charge >= 0.3 is 0 Å². The first kappa shape index (κ1) is 11.6. The number of carbonyl (C=O) groups excluding carboxylic acids is 2. The lowest BCUT2D eigenvalue weighted by atomic mass is 9.98. The summed E-state index contributed by atoms with van der Waals surface area (Å²) in [5.74, 6) is -0.251. The van der Waals surface area contributed by atoms with Crippen LogP contribution in [0.25, 0.3) is 0 Å². The minimum Gasteiger partial charge on any atom is -0.352 e. The topological polar surface area (TPSA) is 62.3 Å². The van der Waals surface area contributed by atoms with Gasteiger partial charge in [0.1, 0.15) is 5.54 Å². The molecule has 17 heavy (non-hydrogen) atoms. The van der Waals surface area contributed by atoms with Gasteiger partial charge in [0.2, 0.25) is 5.91 Å². The fourth-order valence-electron chi connectivity index (χ4n) is 1.91. The maximum atomic E-state index is 12.3. The SMILES string of the molecule is CC1(C)C(=O)NCCN1C(=O)c1ccncc1. The molecule has 0 bridgehead atoms. The number of pyridine rings is 1. The van der Waals surface area contributed by atoms with Crippen molar-refractivity contribution in [1.82, 2.24) is 15.2 Å². The second-order valence-electron chi connectivity index (χ2n) is 4.51. The molecule has 0 atom stereocenters. The second kappa shape index (κ2) is 4.16. The smallest absolute Gasteiger partial charge is 0.254 e. The molecular weight excluding hydrogens is 218 g/mol. The molecule has 90 valence electrons. The third-order valence-electron chi connectivity index (χ3n) is 3.02. The summed E-state index contributed by atoms with van der Waals surface area (Å²) in [4.78, 5) is 29.5. The van der Waals surface area contributed by atoms with Gasteiger partial charge in [-0.25, -0.2) is 0 Å². The van der Waals surface area contributed by atoms with Crippen LogP contribution in [0, 0.1) is 0 Å². The summed E-state index contributed by atoms with van der Waals surface area (Å²) < 4.78 is 0. The highest BCUT2D eigenvalue weighted by Crippen LogP contribution is 2.20. The highest BCUT2D eigenvalue weighted by atomic mass is 16.2. The van der Waals surface area contributed by atoms with Gasteiger partial charge in [0.05, 0.1) is 0 Å². The Labute approximate surface area is 99.8 Å². The maximum absolute atomic E-state index is 12.3. The van der Waals surface area contributed by atoms with Crippen LogP contribution in [0.1, 0.15) is 24.2 Å². The van der Waals surface area contributed by atoms with E-state index in [4.69, 9.17) is 0 Å². The molecule has 2 heterocycles. The number of carbonyl (C=O) groups is 2. The lowest BCUT2D eigenvalue weighted by Crippen LogP contribution is -2.63. The van der Waals surface area contributed by atoms with Crippen molar-refractivity contribution in [3.05, 3.63) is 30.1 Å². The third-order valence-corrected chi connectivity index (χ3v) is 3.02. The van der Waals surface area contributed by atoms with Gasteiger partial charge in [0.15, 0.2) is 0 Å². The summed E-state index contributed by atoms with van der Waals surface area (Å²) in [7, 11) is 0. The molecule has 0 unspecified atom stereocenters. The van der Waals surface area contributed by atoms with Crippen LogP contribution in [0.15, 0.2) is 24.5 Å². The van der Waals surface area contributed by atoms with E-state index >= 15 is 0 Å². The van der Waals surface area contributed by atoms with Crippen LogP contribution >= 0.6 is 0 Å². The fourth-order valence-corrected chi connectivity index (χ4v) is 1.91. The van der Waals surface area contributed by atoms with Crippen LogP contribution in [0.3, 0.4) is 0 Å². The quantitative estimate of drug-likeness (QED) is 0.765. The normalized spacial score (nSPS) is 18.7. The van der Waals surface area contributed by atoms with E-state index in [2.05, 4.69) is 10.3 Å². The number of hydrogen-bond donors (Lipinski definition) is 1. The van der Waals surface area contributed by atoms with E-state index < -0.39 is 5.54 Å². The zero-order chi connectivity index (χ0) is 12.5. The molecule has 1 aromatic heterocycles. The zero-order valence-electron chi connectivity index (χ0n) is 9.93. The molecule has 1 aromatic rings. The summed E-state index contributed by atoms with van der Waals surface area (Å²) in [6.45, 7) is 4.53. The van der Waals surface area contributed by atoms with Gasteiger partial charge in [0, 0.05) is 31.0 Å². The van der Waals surface area contributed by atoms with Crippen LogP contribution < -0.4 is 5.32 Å². The molecule has 0 saturated carbocycles. The Morgan fingerprint density at radius 1 is 1.41 bits per heavy atom. The number of hydrogen-bond acceptors (Lipinski definition) is 3. The molecule has 2 amide bonds. The molecule has 0 spiro atoms. The molecule has 1 saturated heterocycles. The summed E-state index contributed by atoms with van der Waals surface area (Å²) in [5, 5.41) is 2.76. The molecule has 0 aliphatic carbocycles.